The Morgan fingerprint density at radius 2 is 0.951 bits per heavy atom. The molecule has 0 aliphatic carbocycles. The number of aromatic hydroxyl groups is 4. The molecule has 4 aromatic rings. The molecule has 0 aliphatic heterocycles. The Balaban J connectivity index is 1.60. The van der Waals surface area contributed by atoms with E-state index >= 15 is 0 Å². The molecule has 4 aromatic carbocycles. The summed E-state index contributed by atoms with van der Waals surface area (Å²) in [5.41, 5.74) is 5.15. The summed E-state index contributed by atoms with van der Waals surface area (Å²) < 4.78 is 21.8. The van der Waals surface area contributed by atoms with Crippen molar-refractivity contribution in [3.05, 3.63) is 94.0 Å². The highest BCUT2D eigenvalue weighted by Crippen LogP contribution is 2.38. The minimum absolute atomic E-state index is 0.0739. The second-order valence-corrected chi connectivity index (χ2v) is 9.77. The lowest BCUT2D eigenvalue weighted by Gasteiger charge is -2.18. The fraction of sp³-hybridized carbons (Fsp3) is 0.273. The van der Waals surface area contributed by atoms with Gasteiger partial charge >= 0.3 is 0 Å². The van der Waals surface area contributed by atoms with Crippen molar-refractivity contribution in [1.82, 2.24) is 0 Å². The fourth-order valence-corrected chi connectivity index (χ4v) is 4.98. The van der Waals surface area contributed by atoms with E-state index in [9.17, 15) is 20.4 Å². The zero-order valence-electron chi connectivity index (χ0n) is 23.7. The first kappa shape index (κ1) is 29.3. The Labute approximate surface area is 240 Å². The molecule has 0 spiro atoms. The number of phenols is 4. The van der Waals surface area contributed by atoms with Crippen molar-refractivity contribution in [2.24, 2.45) is 0 Å². The van der Waals surface area contributed by atoms with Gasteiger partial charge in [-0.25, -0.2) is 0 Å². The summed E-state index contributed by atoms with van der Waals surface area (Å²) in [5, 5.41) is 41.3. The summed E-state index contributed by atoms with van der Waals surface area (Å²) in [6.45, 7) is 0. The maximum atomic E-state index is 11.1. The van der Waals surface area contributed by atoms with Crippen molar-refractivity contribution in [3.63, 3.8) is 0 Å². The predicted molar refractivity (Wildman–Crippen MR) is 156 cm³/mol. The molecule has 8 nitrogen and oxygen atoms in total. The lowest BCUT2D eigenvalue weighted by Crippen LogP contribution is -2.04. The molecule has 0 aromatic heterocycles. The van der Waals surface area contributed by atoms with Crippen LogP contribution >= 0.6 is 0 Å². The Hall–Kier alpha value is -4.72. The summed E-state index contributed by atoms with van der Waals surface area (Å²) in [5.74, 6) is 2.23. The summed E-state index contributed by atoms with van der Waals surface area (Å²) in [6.07, 6.45) is 2.84. The number of hydrogen-bond donors (Lipinski definition) is 4. The van der Waals surface area contributed by atoms with Gasteiger partial charge in [0.1, 0.15) is 23.0 Å². The zero-order valence-corrected chi connectivity index (χ0v) is 23.7. The lowest BCUT2D eigenvalue weighted by molar-refractivity contribution is 0.373. The van der Waals surface area contributed by atoms with Crippen molar-refractivity contribution in [2.75, 3.05) is 28.4 Å². The van der Waals surface area contributed by atoms with E-state index in [-0.39, 0.29) is 23.0 Å². The smallest absolute Gasteiger partial charge is 0.160 e. The number of methoxy groups -OCH3 is 4. The van der Waals surface area contributed by atoms with E-state index in [0.717, 1.165) is 27.8 Å². The molecule has 0 heterocycles. The summed E-state index contributed by atoms with van der Waals surface area (Å²) in [6, 6.07) is 17.4. The van der Waals surface area contributed by atoms with Crippen LogP contribution in [0.15, 0.2) is 60.7 Å². The van der Waals surface area contributed by atoms with Crippen LogP contribution in [0.3, 0.4) is 0 Å². The average Bonchev–Trinajstić information content (AvgIpc) is 2.97. The highest BCUT2D eigenvalue weighted by molar-refractivity contribution is 5.55. The number of aryl methyl sites for hydroxylation is 4. The van der Waals surface area contributed by atoms with Gasteiger partial charge in [0.25, 0.3) is 0 Å². The number of hydrogen-bond acceptors (Lipinski definition) is 8. The summed E-state index contributed by atoms with van der Waals surface area (Å²) in [7, 11) is 6.14. The van der Waals surface area contributed by atoms with Crippen molar-refractivity contribution in [1.29, 1.82) is 0 Å². The van der Waals surface area contributed by atoms with Gasteiger partial charge in [-0.15, -0.1) is 0 Å². The van der Waals surface area contributed by atoms with Crippen LogP contribution in [0.1, 0.15) is 33.4 Å². The monoisotopic (exact) mass is 560 g/mol. The number of benzene rings is 4. The lowest BCUT2D eigenvalue weighted by atomic mass is 9.92. The van der Waals surface area contributed by atoms with Crippen molar-refractivity contribution < 1.29 is 39.4 Å². The Morgan fingerprint density at radius 3 is 1.51 bits per heavy atom. The van der Waals surface area contributed by atoms with Gasteiger partial charge in [0.2, 0.25) is 0 Å². The SMILES string of the molecule is COc1cc(CCc2cc(O)c(Cc3c(CCc4ccc(O)c(OC)c4)cc(O)cc3OC)c(OC)c2)ccc1O. The van der Waals surface area contributed by atoms with Crippen LogP contribution in [-0.2, 0) is 32.1 Å². The molecule has 0 unspecified atom stereocenters. The molecule has 0 bridgehead atoms. The van der Waals surface area contributed by atoms with Crippen LogP contribution in [-0.4, -0.2) is 48.9 Å². The van der Waals surface area contributed by atoms with Crippen LogP contribution in [0.4, 0.5) is 0 Å². The molecule has 0 atom stereocenters. The van der Waals surface area contributed by atoms with Gasteiger partial charge in [0.15, 0.2) is 23.0 Å². The van der Waals surface area contributed by atoms with Gasteiger partial charge in [-0.2, -0.15) is 0 Å². The van der Waals surface area contributed by atoms with Gasteiger partial charge < -0.3 is 39.4 Å². The Morgan fingerprint density at radius 1 is 0.463 bits per heavy atom. The molecule has 0 radical (unpaired) electrons. The van der Waals surface area contributed by atoms with Crippen molar-refractivity contribution in [3.8, 4) is 46.0 Å². The van der Waals surface area contributed by atoms with Crippen LogP contribution < -0.4 is 18.9 Å². The van der Waals surface area contributed by atoms with E-state index in [1.54, 1.807) is 56.7 Å². The van der Waals surface area contributed by atoms with Gasteiger partial charge in [-0.05, 0) is 90.4 Å². The molecule has 0 saturated heterocycles. The first-order valence-electron chi connectivity index (χ1n) is 13.3. The van der Waals surface area contributed by atoms with E-state index in [1.165, 1.54) is 14.2 Å². The largest absolute Gasteiger partial charge is 0.508 e. The number of rotatable bonds is 12. The van der Waals surface area contributed by atoms with Gasteiger partial charge in [-0.3, -0.25) is 0 Å². The molecule has 4 N–H and O–H groups in total. The van der Waals surface area contributed by atoms with Crippen LogP contribution in [0.5, 0.6) is 46.0 Å². The maximum Gasteiger partial charge on any atom is 0.160 e. The van der Waals surface area contributed by atoms with E-state index < -0.39 is 0 Å². The van der Waals surface area contributed by atoms with E-state index in [0.29, 0.717) is 60.7 Å². The predicted octanol–water partition coefficient (Wildman–Crippen LogP) is 5.70. The normalized spacial score (nSPS) is 10.8. The van der Waals surface area contributed by atoms with Crippen LogP contribution in [0.2, 0.25) is 0 Å². The second kappa shape index (κ2) is 13.1. The van der Waals surface area contributed by atoms with Crippen molar-refractivity contribution >= 4 is 0 Å². The number of ether oxygens (including phenoxy) is 4. The second-order valence-electron chi connectivity index (χ2n) is 9.77. The maximum absolute atomic E-state index is 11.1. The van der Waals surface area contributed by atoms with Gasteiger partial charge in [0.05, 0.1) is 28.4 Å². The van der Waals surface area contributed by atoms with Crippen LogP contribution in [0.25, 0.3) is 0 Å². The third-order valence-corrected chi connectivity index (χ3v) is 7.20. The summed E-state index contributed by atoms with van der Waals surface area (Å²) in [4.78, 5) is 0. The minimum atomic E-state index is 0.0739. The van der Waals surface area contributed by atoms with Crippen LogP contribution in [0, 0.1) is 0 Å². The first-order valence-corrected chi connectivity index (χ1v) is 13.3. The molecule has 0 saturated carbocycles. The third kappa shape index (κ3) is 6.90. The topological polar surface area (TPSA) is 118 Å². The average molecular weight is 561 g/mol. The molecule has 0 aliphatic rings. The molecular formula is C33H36O8. The molecule has 41 heavy (non-hydrogen) atoms. The number of phenolic OH excluding ortho intramolecular Hbond substituents is 4. The van der Waals surface area contributed by atoms with E-state index in [2.05, 4.69) is 0 Å². The summed E-state index contributed by atoms with van der Waals surface area (Å²) >= 11 is 0. The highest BCUT2D eigenvalue weighted by Gasteiger charge is 2.19. The van der Waals surface area contributed by atoms with E-state index in [4.69, 9.17) is 18.9 Å². The van der Waals surface area contributed by atoms with E-state index in [1.807, 2.05) is 18.2 Å². The Kier molecular flexibility index (Phi) is 9.34. The highest BCUT2D eigenvalue weighted by atomic mass is 16.5. The molecular weight excluding hydrogens is 524 g/mol. The first-order chi connectivity index (χ1) is 19.8. The standard InChI is InChI=1S/C33H36O8/c1-38-30-16-22(6-5-20-8-11-27(35)32(14-20)40-3)13-29(37)26(30)19-25-23(17-24(34)18-31(25)39-2)10-7-21-9-12-28(36)33(15-21)41-4/h8-9,11-18,34-37H,5-7,10,19H2,1-4H3. The van der Waals surface area contributed by atoms with Gasteiger partial charge in [0, 0.05) is 23.6 Å². The molecule has 216 valence electrons. The molecule has 0 amide bonds. The third-order valence-electron chi connectivity index (χ3n) is 7.20. The minimum Gasteiger partial charge on any atom is -0.508 e. The quantitative estimate of drug-likeness (QED) is 0.174. The molecule has 4 rings (SSSR count). The fourth-order valence-electron chi connectivity index (χ4n) is 4.98. The molecule has 8 heteroatoms. The van der Waals surface area contributed by atoms with Crippen molar-refractivity contribution in [2.45, 2.75) is 32.1 Å². The van der Waals surface area contributed by atoms with Gasteiger partial charge in [-0.1, -0.05) is 12.1 Å². The molecule has 0 fully saturated rings. The Bertz CT molecular complexity index is 1510. The zero-order chi connectivity index (χ0) is 29.5.